The summed E-state index contributed by atoms with van der Waals surface area (Å²) in [7, 11) is 20.9. The Morgan fingerprint density at radius 1 is 0.800 bits per heavy atom. The minimum Gasteiger partial charge on any atom is -0.316 e. The first-order chi connectivity index (χ1) is 11.0. The lowest BCUT2D eigenvalue weighted by Crippen LogP contribution is -2.68. The maximum Gasteiger partial charge on any atom is 0.146 e. The van der Waals surface area contributed by atoms with Crippen LogP contribution in [-0.2, 0) is 10.3 Å². The number of hydrogen-bond acceptors (Lipinski definition) is 2. The third-order valence-corrected chi connectivity index (χ3v) is 8.05. The van der Waals surface area contributed by atoms with Crippen LogP contribution in [0.2, 0.25) is 20.7 Å². The molecule has 0 heterocycles. The molecule has 0 spiro atoms. The maximum atomic E-state index is 13.8. The molecule has 1 aliphatic rings. The highest BCUT2D eigenvalue weighted by Gasteiger charge is 2.63. The highest BCUT2D eigenvalue weighted by atomic mass is 35.5. The van der Waals surface area contributed by atoms with Gasteiger partial charge in [-0.1, -0.05) is 39.4 Å². The van der Waals surface area contributed by atoms with Gasteiger partial charge in [0.2, 0.25) is 0 Å². The molecule has 0 aliphatic heterocycles. The summed E-state index contributed by atoms with van der Waals surface area (Å²) in [5.41, 5.74) is 11.2. The van der Waals surface area contributed by atoms with Crippen molar-refractivity contribution in [2.75, 3.05) is 0 Å². The quantitative estimate of drug-likeness (QED) is 0.516. The average Bonchev–Trinajstić information content (AvgIpc) is 2.47. The van der Waals surface area contributed by atoms with Gasteiger partial charge in [0, 0.05) is 5.02 Å². The second-order valence-electron chi connectivity index (χ2n) is 9.90. The molecule has 13 heteroatoms. The van der Waals surface area contributed by atoms with Crippen LogP contribution in [0.15, 0.2) is 0 Å². The fourth-order valence-corrected chi connectivity index (χ4v) is 5.19. The van der Waals surface area contributed by atoms with Crippen LogP contribution < -0.4 is 27.6 Å². The predicted octanol–water partition coefficient (Wildman–Crippen LogP) is -10.4. The topological polar surface area (TPSA) is 43.1 Å². The normalized spacial score (nSPS) is 27.0. The van der Waals surface area contributed by atoms with Gasteiger partial charge in [0.05, 0.1) is 21.2 Å². The van der Waals surface area contributed by atoms with Crippen LogP contribution in [0.4, 0.5) is 0 Å². The van der Waals surface area contributed by atoms with Crippen LogP contribution in [-0.4, -0.2) is 84.2 Å². The smallest absolute Gasteiger partial charge is 0.146 e. The van der Waals surface area contributed by atoms with E-state index in [0.29, 0.717) is 5.02 Å². The molecule has 2 N–H and O–H groups in total. The first-order valence-corrected chi connectivity index (χ1v) is 9.52. The van der Waals surface area contributed by atoms with E-state index >= 15 is 0 Å². The summed E-state index contributed by atoms with van der Waals surface area (Å²) in [5, 5.41) is -0.406. The molecule has 0 bridgehead atoms. The van der Waals surface area contributed by atoms with Gasteiger partial charge in [0.25, 0.3) is 0 Å². The van der Waals surface area contributed by atoms with E-state index < -0.39 is 16.0 Å². The molecule has 1 unspecified atom stereocenters. The second kappa shape index (κ2) is 5.89. The van der Waals surface area contributed by atoms with Gasteiger partial charge in [0.1, 0.15) is 68.6 Å². The van der Waals surface area contributed by atoms with Crippen LogP contribution >= 0.6 is 11.6 Å². The molecule has 2 nitrogen and oxygen atoms in total. The largest absolute Gasteiger partial charge is 0.316 e. The van der Waals surface area contributed by atoms with E-state index in [0.717, 1.165) is 22.9 Å². The summed E-state index contributed by atoms with van der Waals surface area (Å²) < 4.78 is 0. The van der Waals surface area contributed by atoms with Gasteiger partial charge in [-0.15, -0.1) is 10.9 Å². The molecule has 1 aliphatic carbocycles. The minimum absolute atomic E-state index is 0.0916. The van der Waals surface area contributed by atoms with Gasteiger partial charge in [-0.3, -0.25) is 4.79 Å². The van der Waals surface area contributed by atoms with Gasteiger partial charge in [0.15, 0.2) is 0 Å². The highest BCUT2D eigenvalue weighted by molar-refractivity contribution is 6.67. The van der Waals surface area contributed by atoms with Crippen molar-refractivity contribution in [1.82, 2.24) is 0 Å². The molecule has 1 fully saturated rings. The van der Waals surface area contributed by atoms with E-state index in [1.54, 1.807) is 0 Å². The van der Waals surface area contributed by atoms with Crippen molar-refractivity contribution in [3.63, 3.8) is 0 Å². The Hall–Kier alpha value is -0.211. The van der Waals surface area contributed by atoms with Gasteiger partial charge < -0.3 is 5.73 Å². The SMILES string of the molecule is Bc1c(B)c(B)c(C2(N)C(=O)C(B)(B)C(B)(B)CC2(B)B)c(Cl)c1B. The lowest BCUT2D eigenvalue weighted by Gasteiger charge is -2.61. The number of benzene rings is 1. The van der Waals surface area contributed by atoms with Crippen molar-refractivity contribution in [2.24, 2.45) is 5.73 Å². The zero-order valence-electron chi connectivity index (χ0n) is 17.6. The van der Waals surface area contributed by atoms with Gasteiger partial charge >= 0.3 is 0 Å². The number of rotatable bonds is 1. The highest BCUT2D eigenvalue weighted by Crippen LogP contribution is 2.63. The molecular weight excluding hydrogens is 318 g/mol. The Labute approximate surface area is 166 Å². The van der Waals surface area contributed by atoms with E-state index in [-0.39, 0.29) is 11.0 Å². The van der Waals surface area contributed by atoms with Crippen molar-refractivity contribution >= 4 is 118 Å². The number of nitrogens with two attached hydrogens (primary N) is 1. The summed E-state index contributed by atoms with van der Waals surface area (Å²) in [6, 6.07) is 0. The Balaban J connectivity index is 2.93. The maximum absolute atomic E-state index is 13.8. The second-order valence-corrected chi connectivity index (χ2v) is 10.3. The van der Waals surface area contributed by atoms with Gasteiger partial charge in [-0.25, -0.2) is 0 Å². The van der Waals surface area contributed by atoms with Gasteiger partial charge in [-0.2, -0.15) is 0 Å². The van der Waals surface area contributed by atoms with E-state index in [1.807, 2.05) is 31.4 Å². The molecule has 0 radical (unpaired) electrons. The van der Waals surface area contributed by atoms with Gasteiger partial charge in [-0.05, 0) is 10.8 Å². The van der Waals surface area contributed by atoms with E-state index in [1.165, 1.54) is 10.9 Å². The number of carbonyl (C=O) groups is 1. The van der Waals surface area contributed by atoms with E-state index in [4.69, 9.17) is 17.3 Å². The number of Topliss-reactive ketones (excluding diaryl/α,β-unsaturated/α-hetero) is 1. The van der Waals surface area contributed by atoms with Crippen molar-refractivity contribution in [3.05, 3.63) is 10.6 Å². The first kappa shape index (κ1) is 21.1. The Morgan fingerprint density at radius 3 is 1.72 bits per heavy atom. The van der Waals surface area contributed by atoms with E-state index in [9.17, 15) is 4.79 Å². The first-order valence-electron chi connectivity index (χ1n) is 9.14. The van der Waals surface area contributed by atoms with Crippen LogP contribution in [0, 0.1) is 0 Å². The summed E-state index contributed by atoms with van der Waals surface area (Å²) in [6.07, 6.45) is 0.858. The molecule has 2 rings (SSSR count). The molecule has 1 aromatic rings. The lowest BCUT2D eigenvalue weighted by molar-refractivity contribution is -0.128. The molecule has 120 valence electrons. The fourth-order valence-electron chi connectivity index (χ4n) is 4.76. The van der Waals surface area contributed by atoms with Crippen LogP contribution in [0.3, 0.4) is 0 Å². The number of ketones is 1. The van der Waals surface area contributed by atoms with Crippen molar-refractivity contribution in [2.45, 2.75) is 27.6 Å². The minimum atomic E-state index is -1.10. The van der Waals surface area contributed by atoms with Crippen molar-refractivity contribution < 1.29 is 4.79 Å². The average molecular weight is 342 g/mol. The van der Waals surface area contributed by atoms with Crippen LogP contribution in [0.1, 0.15) is 12.0 Å². The fraction of sp³-hybridized carbons (Fsp3) is 0.417. The number of halogens is 1. The molecule has 1 atom stereocenters. The van der Waals surface area contributed by atoms with Crippen LogP contribution in [0.5, 0.6) is 0 Å². The zero-order chi connectivity index (χ0) is 19.7. The van der Waals surface area contributed by atoms with Crippen LogP contribution in [0.25, 0.3) is 0 Å². The number of hydrogen-bond donors (Lipinski definition) is 1. The summed E-state index contributed by atoms with van der Waals surface area (Å²) >= 11 is 6.82. The lowest BCUT2D eigenvalue weighted by atomic mass is 9.18. The molecule has 0 aromatic heterocycles. The zero-order valence-corrected chi connectivity index (χ0v) is 18.3. The Kier molecular flexibility index (Phi) is 4.97. The standard InChI is InChI=1S/C12H24B10ClNO/c13-3-2(7(23)6(16)5(15)4(3)14)11(24)8(25)12(21,22)10(19,20)1-9(11,17)18/h1,13-22,24H2. The number of carbonyl (C=O) groups excluding carboxylic acids is 1. The molecule has 0 amide bonds. The third-order valence-electron chi connectivity index (χ3n) is 7.57. The molecular formula is C12H24B10ClNO. The molecule has 1 aromatic carbocycles. The predicted molar refractivity (Wildman–Crippen MR) is 139 cm³/mol. The van der Waals surface area contributed by atoms with Crippen molar-refractivity contribution in [1.29, 1.82) is 0 Å². The summed E-state index contributed by atoms with van der Waals surface area (Å²) in [4.78, 5) is 13.8. The monoisotopic (exact) mass is 343 g/mol. The van der Waals surface area contributed by atoms with E-state index in [2.05, 4.69) is 47.1 Å². The third kappa shape index (κ3) is 2.61. The molecule has 1 saturated carbocycles. The van der Waals surface area contributed by atoms with Crippen molar-refractivity contribution in [3.8, 4) is 0 Å². The summed E-state index contributed by atoms with van der Waals surface area (Å²) in [6.45, 7) is 0. The Bertz CT molecular complexity index is 751. The summed E-state index contributed by atoms with van der Waals surface area (Å²) in [5.74, 6) is 0.0916. The molecule has 0 saturated heterocycles. The Morgan fingerprint density at radius 2 is 1.24 bits per heavy atom. The molecule has 25 heavy (non-hydrogen) atoms.